The molecule has 218 valence electrons. The Kier molecular flexibility index (Phi) is 11.1. The highest BCUT2D eigenvalue weighted by atomic mass is 32.2. The van der Waals surface area contributed by atoms with Crippen LogP contribution in [0.1, 0.15) is 72.8 Å². The zero-order valence-corrected chi connectivity index (χ0v) is 25.0. The minimum Gasteiger partial charge on any atom is -0.350 e. The molecule has 1 amide bonds. The molecule has 12 heteroatoms. The second-order valence-electron chi connectivity index (χ2n) is 10.1. The number of anilines is 3. The van der Waals surface area contributed by atoms with E-state index in [0.29, 0.717) is 30.0 Å². The van der Waals surface area contributed by atoms with Crippen molar-refractivity contribution in [2.24, 2.45) is 0 Å². The molecule has 0 aliphatic carbocycles. The first-order chi connectivity index (χ1) is 19.5. The van der Waals surface area contributed by atoms with E-state index in [-0.39, 0.29) is 23.8 Å². The van der Waals surface area contributed by atoms with Crippen LogP contribution in [0.4, 0.5) is 17.5 Å². The summed E-state index contributed by atoms with van der Waals surface area (Å²) in [5.74, 6) is 0.250. The predicted octanol–water partition coefficient (Wildman–Crippen LogP) is 4.20. The number of aryl methyl sites for hydroxylation is 2. The van der Waals surface area contributed by atoms with Gasteiger partial charge in [0.1, 0.15) is 5.82 Å². The highest BCUT2D eigenvalue weighted by Crippen LogP contribution is 2.19. The maximum Gasteiger partial charge on any atom is 0.251 e. The van der Waals surface area contributed by atoms with Crippen molar-refractivity contribution in [3.05, 3.63) is 70.7 Å². The van der Waals surface area contributed by atoms with Crippen molar-refractivity contribution in [3.63, 3.8) is 0 Å². The maximum absolute atomic E-state index is 12.8. The first-order valence-electron chi connectivity index (χ1n) is 13.6. The molecule has 0 saturated carbocycles. The molecule has 0 aliphatic heterocycles. The molecular formula is C29H38N8O3S. The van der Waals surface area contributed by atoms with E-state index in [0.717, 1.165) is 48.0 Å². The lowest BCUT2D eigenvalue weighted by Gasteiger charge is -2.23. The zero-order chi connectivity index (χ0) is 30.0. The third kappa shape index (κ3) is 9.81. The lowest BCUT2D eigenvalue weighted by atomic mass is 10.0. The highest BCUT2D eigenvalue weighted by Gasteiger charge is 2.17. The summed E-state index contributed by atoms with van der Waals surface area (Å²) in [4.78, 5) is 26.0. The van der Waals surface area contributed by atoms with Gasteiger partial charge in [-0.3, -0.25) is 9.52 Å². The van der Waals surface area contributed by atoms with Gasteiger partial charge in [0.2, 0.25) is 16.0 Å². The topological polar surface area (TPSA) is 162 Å². The van der Waals surface area contributed by atoms with Gasteiger partial charge in [-0.05, 0) is 68.5 Å². The van der Waals surface area contributed by atoms with Crippen LogP contribution in [0.3, 0.4) is 0 Å². The number of nitrogens with zero attached hydrogens (tertiary/aromatic N) is 4. The quantitative estimate of drug-likeness (QED) is 0.220. The SMILES string of the molecule is CCC[C@H](C[C@@H](C)NC(=O)c1ccnc(NS(C)(=O)=O)c1)NCc1nc(Nc2ccc(C)c(C#N)c2)ncc1CC. The summed E-state index contributed by atoms with van der Waals surface area (Å²) < 4.78 is 25.3. The average Bonchev–Trinajstić information content (AvgIpc) is 2.92. The Hall–Kier alpha value is -4.08. The van der Waals surface area contributed by atoms with Crippen LogP contribution < -0.4 is 20.7 Å². The molecule has 3 rings (SSSR count). The summed E-state index contributed by atoms with van der Waals surface area (Å²) in [7, 11) is -3.50. The number of rotatable bonds is 14. The van der Waals surface area contributed by atoms with Gasteiger partial charge >= 0.3 is 0 Å². The number of nitrogens with one attached hydrogen (secondary N) is 4. The van der Waals surface area contributed by atoms with Crippen LogP contribution in [0.15, 0.2) is 42.7 Å². The fraction of sp³-hybridized carbons (Fsp3) is 0.414. The van der Waals surface area contributed by atoms with E-state index >= 15 is 0 Å². The van der Waals surface area contributed by atoms with Gasteiger partial charge in [-0.15, -0.1) is 0 Å². The predicted molar refractivity (Wildman–Crippen MR) is 160 cm³/mol. The van der Waals surface area contributed by atoms with E-state index in [1.54, 1.807) is 12.1 Å². The van der Waals surface area contributed by atoms with Crippen molar-refractivity contribution in [1.29, 1.82) is 5.26 Å². The molecule has 0 spiro atoms. The smallest absolute Gasteiger partial charge is 0.251 e. The van der Waals surface area contributed by atoms with Crippen LogP contribution in [0.25, 0.3) is 0 Å². The number of hydrogen-bond donors (Lipinski definition) is 4. The third-order valence-corrected chi connectivity index (χ3v) is 7.05. The minimum atomic E-state index is -3.50. The largest absolute Gasteiger partial charge is 0.350 e. The summed E-state index contributed by atoms with van der Waals surface area (Å²) in [5.41, 5.74) is 4.50. The first kappa shape index (κ1) is 31.4. The number of carbonyl (C=O) groups is 1. The molecule has 3 aromatic rings. The molecule has 0 bridgehead atoms. The van der Waals surface area contributed by atoms with Gasteiger partial charge in [-0.1, -0.05) is 26.3 Å². The standard InChI is InChI=1S/C29H38N8O3S/c1-6-8-24(13-20(4)34-28(38)22-11-12-31-27(15-22)37-41(5,39)40)32-18-26-21(7-2)17-33-29(36-26)35-25-10-9-19(3)23(14-25)16-30/h9-12,14-15,17,20,24,32H,6-8,13,18H2,1-5H3,(H,31,37)(H,34,38)(H,33,35,36)/t20-,24-/m1/s1. The van der Waals surface area contributed by atoms with Gasteiger partial charge in [0, 0.05) is 42.3 Å². The number of sulfonamides is 1. The molecule has 41 heavy (non-hydrogen) atoms. The third-order valence-electron chi connectivity index (χ3n) is 6.47. The van der Waals surface area contributed by atoms with E-state index in [9.17, 15) is 18.5 Å². The van der Waals surface area contributed by atoms with Crippen LogP contribution in [-0.2, 0) is 23.0 Å². The molecule has 0 unspecified atom stereocenters. The molecule has 2 aromatic heterocycles. The number of benzene rings is 1. The number of nitriles is 1. The Bertz CT molecular complexity index is 1500. The number of carbonyl (C=O) groups excluding carboxylic acids is 1. The lowest BCUT2D eigenvalue weighted by Crippen LogP contribution is -2.39. The van der Waals surface area contributed by atoms with Crippen LogP contribution in [-0.4, -0.2) is 47.6 Å². The second kappa shape index (κ2) is 14.5. The van der Waals surface area contributed by atoms with Gasteiger partial charge < -0.3 is 16.0 Å². The molecule has 0 fully saturated rings. The van der Waals surface area contributed by atoms with Crippen LogP contribution in [0, 0.1) is 18.3 Å². The van der Waals surface area contributed by atoms with Gasteiger partial charge in [0.05, 0.1) is 23.6 Å². The fourth-order valence-corrected chi connectivity index (χ4v) is 4.89. The summed E-state index contributed by atoms with van der Waals surface area (Å²) in [6, 6.07) is 10.7. The molecule has 0 aliphatic rings. The van der Waals surface area contributed by atoms with Crippen molar-refractivity contribution in [3.8, 4) is 6.07 Å². The zero-order valence-electron chi connectivity index (χ0n) is 24.2. The first-order valence-corrected chi connectivity index (χ1v) is 15.5. The number of aromatic nitrogens is 3. The molecule has 1 aromatic carbocycles. The normalized spacial score (nSPS) is 12.7. The Labute approximate surface area is 242 Å². The molecule has 2 heterocycles. The maximum atomic E-state index is 12.8. The van der Waals surface area contributed by atoms with Gasteiger partial charge in [0.25, 0.3) is 5.91 Å². The van der Waals surface area contributed by atoms with Crippen molar-refractivity contribution >= 4 is 33.4 Å². The highest BCUT2D eigenvalue weighted by molar-refractivity contribution is 7.92. The second-order valence-corrected chi connectivity index (χ2v) is 11.8. The van der Waals surface area contributed by atoms with E-state index < -0.39 is 10.0 Å². The number of pyridine rings is 1. The van der Waals surface area contributed by atoms with Gasteiger partial charge in [-0.2, -0.15) is 5.26 Å². The lowest BCUT2D eigenvalue weighted by molar-refractivity contribution is 0.0935. The molecule has 11 nitrogen and oxygen atoms in total. The van der Waals surface area contributed by atoms with Crippen molar-refractivity contribution in [1.82, 2.24) is 25.6 Å². The van der Waals surface area contributed by atoms with Crippen molar-refractivity contribution < 1.29 is 13.2 Å². The van der Waals surface area contributed by atoms with E-state index in [2.05, 4.69) is 50.6 Å². The minimum absolute atomic E-state index is 0.0941. The average molecular weight is 579 g/mol. The molecule has 4 N–H and O–H groups in total. The summed E-state index contributed by atoms with van der Waals surface area (Å²) >= 11 is 0. The molecular weight excluding hydrogens is 540 g/mol. The van der Waals surface area contributed by atoms with Crippen molar-refractivity contribution in [2.75, 3.05) is 16.3 Å². The van der Waals surface area contributed by atoms with E-state index in [1.807, 2.05) is 32.2 Å². The fourth-order valence-electron chi connectivity index (χ4n) is 4.40. The van der Waals surface area contributed by atoms with Crippen LogP contribution in [0.2, 0.25) is 0 Å². The van der Waals surface area contributed by atoms with E-state index in [4.69, 9.17) is 4.98 Å². The van der Waals surface area contributed by atoms with E-state index in [1.165, 1.54) is 12.3 Å². The summed E-state index contributed by atoms with van der Waals surface area (Å²) in [5, 5.41) is 19.2. The molecule has 2 atom stereocenters. The summed E-state index contributed by atoms with van der Waals surface area (Å²) in [6.07, 6.45) is 7.61. The van der Waals surface area contributed by atoms with Crippen molar-refractivity contribution in [2.45, 2.75) is 72.0 Å². The van der Waals surface area contributed by atoms with Crippen LogP contribution >= 0.6 is 0 Å². The number of amides is 1. The Morgan fingerprint density at radius 3 is 2.61 bits per heavy atom. The Morgan fingerprint density at radius 2 is 1.93 bits per heavy atom. The summed E-state index contributed by atoms with van der Waals surface area (Å²) in [6.45, 7) is 8.55. The Morgan fingerprint density at radius 1 is 1.15 bits per heavy atom. The van der Waals surface area contributed by atoms with Gasteiger partial charge in [-0.25, -0.2) is 23.4 Å². The van der Waals surface area contributed by atoms with Crippen LogP contribution in [0.5, 0.6) is 0 Å². The van der Waals surface area contributed by atoms with Gasteiger partial charge in [0.15, 0.2) is 0 Å². The molecule has 0 saturated heterocycles. The monoisotopic (exact) mass is 578 g/mol. The molecule has 0 radical (unpaired) electrons. The Balaban J connectivity index is 1.64. The number of hydrogen-bond acceptors (Lipinski definition) is 9.